The molecule has 1 saturated carbocycles. The number of allylic oxidation sites excluding steroid dienone is 4. The van der Waals surface area contributed by atoms with Crippen molar-refractivity contribution in [3.63, 3.8) is 0 Å². The Morgan fingerprint density at radius 3 is 2.64 bits per heavy atom. The smallest absolute Gasteiger partial charge is 0.410 e. The molecule has 0 spiro atoms. The number of oxime groups is 1. The SMILES string of the molecule is N=C1N=C(NC2CCCC2)C(NC2=CCC(OC(F)(F)F)=CC=C2)=N/C1=N/O. The van der Waals surface area contributed by atoms with E-state index in [0.717, 1.165) is 25.7 Å². The van der Waals surface area contributed by atoms with Crippen molar-refractivity contribution in [2.24, 2.45) is 15.1 Å². The van der Waals surface area contributed by atoms with Crippen molar-refractivity contribution in [1.82, 2.24) is 10.6 Å². The Bertz CT molecular complexity index is 817. The Kier molecular flexibility index (Phi) is 5.81. The van der Waals surface area contributed by atoms with Crippen LogP contribution < -0.4 is 10.6 Å². The molecule has 2 aliphatic carbocycles. The van der Waals surface area contributed by atoms with E-state index in [1.54, 1.807) is 6.08 Å². The summed E-state index contributed by atoms with van der Waals surface area (Å²) in [7, 11) is 0. The van der Waals surface area contributed by atoms with Gasteiger partial charge in [0.25, 0.3) is 0 Å². The van der Waals surface area contributed by atoms with Gasteiger partial charge in [-0.1, -0.05) is 30.1 Å². The van der Waals surface area contributed by atoms with Crippen LogP contribution in [0.2, 0.25) is 0 Å². The fraction of sp³-hybridized carbons (Fsp3) is 0.412. The van der Waals surface area contributed by atoms with Gasteiger partial charge in [-0.3, -0.25) is 5.41 Å². The minimum absolute atomic E-state index is 0.0819. The number of aliphatic imine (C=N–C) groups is 2. The molecule has 3 rings (SSSR count). The molecular weight excluding hydrogens is 377 g/mol. The number of nitrogens with zero attached hydrogens (tertiary/aromatic N) is 3. The van der Waals surface area contributed by atoms with Gasteiger partial charge in [0.1, 0.15) is 5.76 Å². The molecule has 150 valence electrons. The van der Waals surface area contributed by atoms with Crippen molar-refractivity contribution in [2.75, 3.05) is 0 Å². The van der Waals surface area contributed by atoms with Gasteiger partial charge in [-0.25, -0.2) is 9.98 Å². The molecular formula is C17H19F3N6O2. The van der Waals surface area contributed by atoms with Gasteiger partial charge in [0.2, 0.25) is 5.84 Å². The third-order valence-corrected chi connectivity index (χ3v) is 4.26. The number of hydrogen-bond acceptors (Lipinski definition) is 6. The van der Waals surface area contributed by atoms with Crippen molar-refractivity contribution in [1.29, 1.82) is 5.41 Å². The molecule has 0 aromatic heterocycles. The van der Waals surface area contributed by atoms with Crippen molar-refractivity contribution in [3.8, 4) is 0 Å². The van der Waals surface area contributed by atoms with Crippen LogP contribution in [0.3, 0.4) is 0 Å². The second kappa shape index (κ2) is 8.28. The highest BCUT2D eigenvalue weighted by atomic mass is 19.4. The molecule has 1 heterocycles. The van der Waals surface area contributed by atoms with Crippen molar-refractivity contribution < 1.29 is 23.1 Å². The Morgan fingerprint density at radius 2 is 1.96 bits per heavy atom. The lowest BCUT2D eigenvalue weighted by Crippen LogP contribution is -2.47. The zero-order chi connectivity index (χ0) is 20.1. The quantitative estimate of drug-likeness (QED) is 0.434. The lowest BCUT2D eigenvalue weighted by atomic mass is 10.2. The van der Waals surface area contributed by atoms with Crippen LogP contribution in [-0.2, 0) is 4.74 Å². The van der Waals surface area contributed by atoms with Gasteiger partial charge in [-0.15, -0.1) is 13.2 Å². The molecule has 4 N–H and O–H groups in total. The van der Waals surface area contributed by atoms with Gasteiger partial charge in [0, 0.05) is 18.2 Å². The van der Waals surface area contributed by atoms with Gasteiger partial charge in [0.15, 0.2) is 17.5 Å². The van der Waals surface area contributed by atoms with Crippen LogP contribution in [0.5, 0.6) is 0 Å². The number of amidine groups is 4. The maximum Gasteiger partial charge on any atom is 0.572 e. The topological polar surface area (TPSA) is 114 Å². The summed E-state index contributed by atoms with van der Waals surface area (Å²) >= 11 is 0. The van der Waals surface area contributed by atoms with Crippen LogP contribution in [0.15, 0.2) is 50.9 Å². The molecule has 0 bridgehead atoms. The summed E-state index contributed by atoms with van der Waals surface area (Å²) in [5.74, 6) is -0.267. The van der Waals surface area contributed by atoms with E-state index in [-0.39, 0.29) is 35.7 Å². The Hall–Kier alpha value is -3.11. The number of alkyl halides is 3. The summed E-state index contributed by atoms with van der Waals surface area (Å²) in [6, 6.07) is 0.193. The zero-order valence-electron chi connectivity index (χ0n) is 14.8. The van der Waals surface area contributed by atoms with Crippen molar-refractivity contribution in [3.05, 3.63) is 35.8 Å². The molecule has 0 aromatic rings. The number of hydrogen-bond donors (Lipinski definition) is 4. The lowest BCUT2D eigenvalue weighted by Gasteiger charge is -2.21. The minimum Gasteiger partial charge on any atom is -0.410 e. The second-order valence-electron chi connectivity index (χ2n) is 6.35. The number of rotatable bonds is 3. The van der Waals surface area contributed by atoms with Gasteiger partial charge in [-0.05, 0) is 25.0 Å². The van der Waals surface area contributed by atoms with Gasteiger partial charge < -0.3 is 20.6 Å². The van der Waals surface area contributed by atoms with Gasteiger partial charge in [0.05, 0.1) is 0 Å². The molecule has 0 unspecified atom stereocenters. The monoisotopic (exact) mass is 396 g/mol. The normalized spacial score (nSPS) is 22.2. The van der Waals surface area contributed by atoms with E-state index in [4.69, 9.17) is 10.6 Å². The van der Waals surface area contributed by atoms with Crippen molar-refractivity contribution >= 4 is 23.3 Å². The Balaban J connectivity index is 1.74. The molecule has 11 heteroatoms. The van der Waals surface area contributed by atoms with Gasteiger partial charge in [-0.2, -0.15) is 0 Å². The third-order valence-electron chi connectivity index (χ3n) is 4.26. The summed E-state index contributed by atoms with van der Waals surface area (Å²) in [5, 5.41) is 25.9. The second-order valence-corrected chi connectivity index (χ2v) is 6.35. The maximum atomic E-state index is 12.4. The molecule has 0 saturated heterocycles. The van der Waals surface area contributed by atoms with E-state index in [2.05, 4.69) is 30.5 Å². The largest absolute Gasteiger partial charge is 0.572 e. The van der Waals surface area contributed by atoms with Crippen molar-refractivity contribution in [2.45, 2.75) is 44.5 Å². The molecule has 1 aliphatic heterocycles. The fourth-order valence-corrected chi connectivity index (χ4v) is 3.01. The molecule has 0 atom stereocenters. The first kappa shape index (κ1) is 19.6. The van der Waals surface area contributed by atoms with Gasteiger partial charge >= 0.3 is 6.36 Å². The Labute approximate surface area is 158 Å². The minimum atomic E-state index is -4.75. The molecule has 0 radical (unpaired) electrons. The highest BCUT2D eigenvalue weighted by molar-refractivity contribution is 6.55. The van der Waals surface area contributed by atoms with Crippen LogP contribution in [0.4, 0.5) is 13.2 Å². The molecule has 0 aromatic carbocycles. The molecule has 8 nitrogen and oxygen atoms in total. The first-order chi connectivity index (χ1) is 13.3. The highest BCUT2D eigenvalue weighted by Gasteiger charge is 2.32. The van der Waals surface area contributed by atoms with Crippen LogP contribution in [-0.4, -0.2) is 41.0 Å². The van der Waals surface area contributed by atoms with Crippen LogP contribution in [0, 0.1) is 5.41 Å². The van der Waals surface area contributed by atoms with E-state index in [0.29, 0.717) is 11.5 Å². The summed E-state index contributed by atoms with van der Waals surface area (Å²) < 4.78 is 41.1. The van der Waals surface area contributed by atoms with E-state index >= 15 is 0 Å². The third kappa shape index (κ3) is 5.21. The highest BCUT2D eigenvalue weighted by Crippen LogP contribution is 2.24. The van der Waals surface area contributed by atoms with E-state index in [9.17, 15) is 13.2 Å². The van der Waals surface area contributed by atoms with E-state index in [1.165, 1.54) is 18.2 Å². The fourth-order valence-electron chi connectivity index (χ4n) is 3.01. The molecule has 1 fully saturated rings. The molecule has 3 aliphatic rings. The predicted molar refractivity (Wildman–Crippen MR) is 97.4 cm³/mol. The van der Waals surface area contributed by atoms with Crippen LogP contribution in [0.1, 0.15) is 32.1 Å². The number of ether oxygens (including phenoxy) is 1. The number of nitrogens with one attached hydrogen (secondary N) is 3. The maximum absolute atomic E-state index is 12.4. The Morgan fingerprint density at radius 1 is 1.21 bits per heavy atom. The first-order valence-electron chi connectivity index (χ1n) is 8.69. The van der Waals surface area contributed by atoms with E-state index in [1.807, 2.05) is 0 Å². The van der Waals surface area contributed by atoms with E-state index < -0.39 is 6.36 Å². The summed E-state index contributed by atoms with van der Waals surface area (Å²) in [6.45, 7) is 0. The standard InChI is InChI=1S/C17H19F3N6O2/c18-17(19,20)28-12-7-3-6-11(8-9-12)23-16-15(22-10-4-1-2-5-10)24-13(21)14(25-16)26-27/h3,6-8,10,27H,1-2,4-5,9H2,(H2,21,22,24)(H,23,25,26). The summed E-state index contributed by atoms with van der Waals surface area (Å²) in [6.07, 6.45) is 4.98. The molecule has 28 heavy (non-hydrogen) atoms. The average Bonchev–Trinajstić information content (AvgIpc) is 3.03. The lowest BCUT2D eigenvalue weighted by molar-refractivity contribution is -0.305. The summed E-state index contributed by atoms with van der Waals surface area (Å²) in [5.41, 5.74) is 0.461. The first-order valence-corrected chi connectivity index (χ1v) is 8.69. The molecule has 0 amide bonds. The number of halogens is 3. The van der Waals surface area contributed by atoms with Crippen LogP contribution >= 0.6 is 0 Å². The summed E-state index contributed by atoms with van der Waals surface area (Å²) in [4.78, 5) is 8.19. The van der Waals surface area contributed by atoms with Crippen LogP contribution in [0.25, 0.3) is 0 Å². The predicted octanol–water partition coefficient (Wildman–Crippen LogP) is 2.95. The zero-order valence-corrected chi connectivity index (χ0v) is 14.8. The average molecular weight is 396 g/mol.